The average Bonchev–Trinajstić information content (AvgIpc) is 2.23. The van der Waals surface area contributed by atoms with Crippen LogP contribution in [0.2, 0.25) is 0 Å². The third-order valence-electron chi connectivity index (χ3n) is 2.44. The number of rotatable bonds is 2. The van der Waals surface area contributed by atoms with Gasteiger partial charge in [0.2, 0.25) is 5.91 Å². The van der Waals surface area contributed by atoms with Crippen molar-refractivity contribution in [3.63, 3.8) is 0 Å². The van der Waals surface area contributed by atoms with E-state index >= 15 is 0 Å². The Bertz CT molecular complexity index is 392. The summed E-state index contributed by atoms with van der Waals surface area (Å²) in [7, 11) is 0. The number of amides is 1. The van der Waals surface area contributed by atoms with Gasteiger partial charge in [-0.2, -0.15) is 0 Å². The molecule has 1 aromatic rings. The lowest BCUT2D eigenvalue weighted by molar-refractivity contribution is -0.117. The van der Waals surface area contributed by atoms with E-state index < -0.39 is 0 Å². The molecule has 0 aliphatic carbocycles. The van der Waals surface area contributed by atoms with E-state index in [1.807, 2.05) is 6.92 Å². The van der Waals surface area contributed by atoms with E-state index in [0.29, 0.717) is 17.9 Å². The van der Waals surface area contributed by atoms with Crippen molar-refractivity contribution in [1.29, 1.82) is 0 Å². The Morgan fingerprint density at radius 1 is 1.53 bits per heavy atom. The summed E-state index contributed by atoms with van der Waals surface area (Å²) >= 11 is 0. The van der Waals surface area contributed by atoms with Gasteiger partial charge < -0.3 is 10.2 Å². The highest BCUT2D eigenvalue weighted by Gasteiger charge is 2.25. The van der Waals surface area contributed by atoms with Crippen LogP contribution in [0.3, 0.4) is 0 Å². The van der Waals surface area contributed by atoms with E-state index in [4.69, 9.17) is 0 Å². The molecule has 0 saturated carbocycles. The number of carbonyl (C=O) groups excluding carboxylic acids is 1. The van der Waals surface area contributed by atoms with Crippen LogP contribution in [-0.4, -0.2) is 19.0 Å². The Hall–Kier alpha value is -1.58. The Kier molecular flexibility index (Phi) is 2.58. The molecule has 1 N–H and O–H groups in total. The molecule has 1 heterocycles. The predicted octanol–water partition coefficient (Wildman–Crippen LogP) is 1.99. The second kappa shape index (κ2) is 3.88. The van der Waals surface area contributed by atoms with Gasteiger partial charge in [0.15, 0.2) is 0 Å². The molecule has 0 unspecified atom stereocenters. The number of hydrogen-bond donors (Lipinski definition) is 1. The summed E-state index contributed by atoms with van der Waals surface area (Å²) in [6.07, 6.45) is 0.819. The summed E-state index contributed by atoms with van der Waals surface area (Å²) in [6, 6.07) is 4.80. The minimum absolute atomic E-state index is 0.0746. The molecule has 1 aromatic carbocycles. The molecule has 0 fully saturated rings. The van der Waals surface area contributed by atoms with Gasteiger partial charge in [-0.3, -0.25) is 4.79 Å². The van der Waals surface area contributed by atoms with Gasteiger partial charge in [0, 0.05) is 6.54 Å². The summed E-state index contributed by atoms with van der Waals surface area (Å²) in [6.45, 7) is 2.78. The van der Waals surface area contributed by atoms with Crippen molar-refractivity contribution in [2.24, 2.45) is 0 Å². The molecule has 2 rings (SSSR count). The van der Waals surface area contributed by atoms with Gasteiger partial charge in [-0.15, -0.1) is 0 Å². The second-order valence-corrected chi connectivity index (χ2v) is 3.53. The van der Waals surface area contributed by atoms with Crippen LogP contribution in [0.25, 0.3) is 0 Å². The zero-order chi connectivity index (χ0) is 10.8. The predicted molar refractivity (Wildman–Crippen MR) is 57.5 cm³/mol. The van der Waals surface area contributed by atoms with Crippen LogP contribution in [0.15, 0.2) is 18.2 Å². The summed E-state index contributed by atoms with van der Waals surface area (Å²) in [4.78, 5) is 13.1. The first-order valence-electron chi connectivity index (χ1n) is 5.06. The van der Waals surface area contributed by atoms with Crippen LogP contribution in [-0.2, 0) is 4.79 Å². The molecule has 0 atom stereocenters. The fraction of sp³-hybridized carbons (Fsp3) is 0.364. The zero-order valence-corrected chi connectivity index (χ0v) is 8.59. The number of hydrogen-bond acceptors (Lipinski definition) is 2. The molecule has 0 radical (unpaired) electrons. The fourth-order valence-electron chi connectivity index (χ4n) is 1.78. The van der Waals surface area contributed by atoms with Crippen LogP contribution in [0.1, 0.15) is 13.3 Å². The van der Waals surface area contributed by atoms with Gasteiger partial charge >= 0.3 is 0 Å². The third-order valence-corrected chi connectivity index (χ3v) is 2.44. The van der Waals surface area contributed by atoms with Crippen molar-refractivity contribution in [2.75, 3.05) is 23.3 Å². The average molecular weight is 208 g/mol. The van der Waals surface area contributed by atoms with Gasteiger partial charge in [-0.1, -0.05) is 13.0 Å². The van der Waals surface area contributed by atoms with Gasteiger partial charge in [0.05, 0.1) is 12.2 Å². The Balaban J connectivity index is 2.45. The lowest BCUT2D eigenvalue weighted by Gasteiger charge is -2.30. The quantitative estimate of drug-likeness (QED) is 0.806. The highest BCUT2D eigenvalue weighted by molar-refractivity contribution is 6.02. The van der Waals surface area contributed by atoms with Gasteiger partial charge in [-0.25, -0.2) is 4.39 Å². The number of fused-ring (bicyclic) bond motifs is 1. The third kappa shape index (κ3) is 1.67. The number of carbonyl (C=O) groups is 1. The van der Waals surface area contributed by atoms with Crippen molar-refractivity contribution in [1.82, 2.24) is 0 Å². The first-order chi connectivity index (χ1) is 7.24. The van der Waals surface area contributed by atoms with Crippen LogP contribution >= 0.6 is 0 Å². The molecular weight excluding hydrogens is 195 g/mol. The molecule has 0 saturated heterocycles. The number of nitrogens with one attached hydrogen (secondary N) is 1. The maximum absolute atomic E-state index is 13.6. The number of nitrogens with zero attached hydrogens (tertiary/aromatic N) is 1. The summed E-state index contributed by atoms with van der Waals surface area (Å²) in [5.41, 5.74) is 1.08. The summed E-state index contributed by atoms with van der Waals surface area (Å²) in [5.74, 6) is -0.420. The molecule has 0 bridgehead atoms. The molecule has 80 valence electrons. The fourth-order valence-corrected chi connectivity index (χ4v) is 1.78. The van der Waals surface area contributed by atoms with Gasteiger partial charge in [-0.05, 0) is 18.6 Å². The Labute approximate surface area is 87.9 Å². The van der Waals surface area contributed by atoms with E-state index in [9.17, 15) is 9.18 Å². The van der Waals surface area contributed by atoms with E-state index in [1.165, 1.54) is 11.0 Å². The van der Waals surface area contributed by atoms with Crippen LogP contribution in [0, 0.1) is 5.82 Å². The van der Waals surface area contributed by atoms with E-state index in [0.717, 1.165) is 6.42 Å². The standard InChI is InChI=1S/C11H13FN2O/c1-2-6-14-10(15)7-13-9-5-3-4-8(12)11(9)14/h3-5,13H,2,6-7H2,1H3. The molecule has 1 aliphatic rings. The molecule has 1 amide bonds. The molecule has 15 heavy (non-hydrogen) atoms. The van der Waals surface area contributed by atoms with Crippen molar-refractivity contribution < 1.29 is 9.18 Å². The molecule has 1 aliphatic heterocycles. The monoisotopic (exact) mass is 208 g/mol. The lowest BCUT2D eigenvalue weighted by atomic mass is 10.1. The van der Waals surface area contributed by atoms with Crippen molar-refractivity contribution in [3.8, 4) is 0 Å². The molecular formula is C11H13FN2O. The largest absolute Gasteiger partial charge is 0.374 e. The smallest absolute Gasteiger partial charge is 0.246 e. The number of halogens is 1. The number of benzene rings is 1. The zero-order valence-electron chi connectivity index (χ0n) is 8.59. The summed E-state index contributed by atoms with van der Waals surface area (Å²) in [5, 5.41) is 2.91. The van der Waals surface area contributed by atoms with E-state index in [2.05, 4.69) is 5.32 Å². The van der Waals surface area contributed by atoms with Crippen molar-refractivity contribution in [2.45, 2.75) is 13.3 Å². The summed E-state index contributed by atoms with van der Waals surface area (Å²) < 4.78 is 13.6. The SMILES string of the molecule is CCCN1C(=O)CNc2cccc(F)c21. The van der Waals surface area contributed by atoms with Crippen LogP contribution in [0.4, 0.5) is 15.8 Å². The molecule has 3 nitrogen and oxygen atoms in total. The molecule has 0 spiro atoms. The first kappa shape index (κ1) is 9.96. The Morgan fingerprint density at radius 2 is 2.33 bits per heavy atom. The van der Waals surface area contributed by atoms with Crippen molar-refractivity contribution >= 4 is 17.3 Å². The van der Waals surface area contributed by atoms with Gasteiger partial charge in [0.1, 0.15) is 11.5 Å². The highest BCUT2D eigenvalue weighted by atomic mass is 19.1. The number of anilines is 2. The maximum atomic E-state index is 13.6. The van der Waals surface area contributed by atoms with Gasteiger partial charge in [0.25, 0.3) is 0 Å². The number of para-hydroxylation sites is 1. The topological polar surface area (TPSA) is 32.3 Å². The first-order valence-corrected chi connectivity index (χ1v) is 5.06. The molecule has 4 heteroatoms. The minimum Gasteiger partial charge on any atom is -0.374 e. The second-order valence-electron chi connectivity index (χ2n) is 3.53. The lowest BCUT2D eigenvalue weighted by Crippen LogP contribution is -2.40. The highest BCUT2D eigenvalue weighted by Crippen LogP contribution is 2.31. The van der Waals surface area contributed by atoms with Crippen molar-refractivity contribution in [3.05, 3.63) is 24.0 Å². The minimum atomic E-state index is -0.346. The normalized spacial score (nSPS) is 14.8. The van der Waals surface area contributed by atoms with Crippen LogP contribution < -0.4 is 10.2 Å². The molecule has 0 aromatic heterocycles. The Morgan fingerprint density at radius 3 is 3.07 bits per heavy atom. The van der Waals surface area contributed by atoms with Crippen LogP contribution in [0.5, 0.6) is 0 Å². The maximum Gasteiger partial charge on any atom is 0.246 e. The van der Waals surface area contributed by atoms with E-state index in [1.54, 1.807) is 12.1 Å². The van der Waals surface area contributed by atoms with E-state index in [-0.39, 0.29) is 18.3 Å².